The minimum atomic E-state index is -0.484. The maximum atomic E-state index is 12.0. The standard InChI is InChI=1S/C14H10ClN5O2/c15-10-4-2-1-3-9(10)7-18-13(21)14-19-12(20-22-14)11-8-16-5-6-17-11/h1-6,8H,7H2,(H,18,21). The first kappa shape index (κ1) is 14.2. The molecule has 1 aromatic carbocycles. The molecule has 2 heterocycles. The molecule has 8 heteroatoms. The van der Waals surface area contributed by atoms with Crippen LogP contribution in [-0.4, -0.2) is 26.0 Å². The highest BCUT2D eigenvalue weighted by Gasteiger charge is 2.16. The summed E-state index contributed by atoms with van der Waals surface area (Å²) in [6.45, 7) is 0.265. The number of carbonyl (C=O) groups is 1. The lowest BCUT2D eigenvalue weighted by Crippen LogP contribution is -2.23. The van der Waals surface area contributed by atoms with Crippen molar-refractivity contribution in [1.82, 2.24) is 25.4 Å². The van der Waals surface area contributed by atoms with Gasteiger partial charge in [-0.25, -0.2) is 4.98 Å². The third-order valence-electron chi connectivity index (χ3n) is 2.81. The van der Waals surface area contributed by atoms with Gasteiger partial charge in [0.1, 0.15) is 5.69 Å². The first-order chi connectivity index (χ1) is 10.7. The first-order valence-electron chi connectivity index (χ1n) is 6.36. The third kappa shape index (κ3) is 3.09. The number of rotatable bonds is 4. The van der Waals surface area contributed by atoms with E-state index in [9.17, 15) is 4.79 Å². The van der Waals surface area contributed by atoms with Crippen LogP contribution in [0.5, 0.6) is 0 Å². The van der Waals surface area contributed by atoms with Crippen molar-refractivity contribution in [2.75, 3.05) is 0 Å². The first-order valence-corrected chi connectivity index (χ1v) is 6.73. The van der Waals surface area contributed by atoms with Crippen molar-refractivity contribution in [2.45, 2.75) is 6.54 Å². The average Bonchev–Trinajstić information content (AvgIpc) is 3.05. The Bertz CT molecular complexity index is 791. The molecule has 0 atom stereocenters. The Labute approximate surface area is 130 Å². The van der Waals surface area contributed by atoms with Gasteiger partial charge in [-0.05, 0) is 11.6 Å². The predicted molar refractivity (Wildman–Crippen MR) is 77.9 cm³/mol. The maximum Gasteiger partial charge on any atom is 0.316 e. The van der Waals surface area contributed by atoms with E-state index in [1.807, 2.05) is 18.2 Å². The van der Waals surface area contributed by atoms with Crippen molar-refractivity contribution < 1.29 is 9.32 Å². The lowest BCUT2D eigenvalue weighted by molar-refractivity contribution is 0.0907. The summed E-state index contributed by atoms with van der Waals surface area (Å²) in [5.41, 5.74) is 1.22. The molecule has 3 aromatic rings. The average molecular weight is 316 g/mol. The third-order valence-corrected chi connectivity index (χ3v) is 3.18. The molecule has 0 aliphatic rings. The van der Waals surface area contributed by atoms with Gasteiger partial charge in [-0.3, -0.25) is 9.78 Å². The van der Waals surface area contributed by atoms with E-state index in [4.69, 9.17) is 16.1 Å². The molecule has 0 fully saturated rings. The molecule has 0 spiro atoms. The molecule has 110 valence electrons. The van der Waals surface area contributed by atoms with Crippen molar-refractivity contribution in [3.63, 3.8) is 0 Å². The summed E-state index contributed by atoms with van der Waals surface area (Å²) >= 11 is 6.02. The Kier molecular flexibility index (Phi) is 4.06. The predicted octanol–water partition coefficient (Wildman–Crippen LogP) is 2.11. The Morgan fingerprint density at radius 3 is 2.91 bits per heavy atom. The number of halogens is 1. The Morgan fingerprint density at radius 2 is 2.14 bits per heavy atom. The molecule has 2 aromatic heterocycles. The number of hydrogen-bond donors (Lipinski definition) is 1. The Morgan fingerprint density at radius 1 is 1.27 bits per heavy atom. The summed E-state index contributed by atoms with van der Waals surface area (Å²) in [5.74, 6) is -0.425. The minimum Gasteiger partial charge on any atom is -0.344 e. The molecule has 1 N–H and O–H groups in total. The molecule has 0 saturated heterocycles. The van der Waals surface area contributed by atoms with E-state index in [0.717, 1.165) is 5.56 Å². The number of benzene rings is 1. The molecular weight excluding hydrogens is 306 g/mol. The number of carbonyl (C=O) groups excluding carboxylic acids is 1. The van der Waals surface area contributed by atoms with Crippen LogP contribution >= 0.6 is 11.6 Å². The summed E-state index contributed by atoms with van der Waals surface area (Å²) in [4.78, 5) is 23.9. The number of hydrogen-bond acceptors (Lipinski definition) is 6. The van der Waals surface area contributed by atoms with E-state index in [-0.39, 0.29) is 18.3 Å². The summed E-state index contributed by atoms with van der Waals surface area (Å²) in [6, 6.07) is 7.23. The lowest BCUT2D eigenvalue weighted by Gasteiger charge is -2.04. The Hall–Kier alpha value is -2.80. The van der Waals surface area contributed by atoms with E-state index >= 15 is 0 Å². The van der Waals surface area contributed by atoms with E-state index in [1.54, 1.807) is 6.07 Å². The minimum absolute atomic E-state index is 0.146. The summed E-state index contributed by atoms with van der Waals surface area (Å²) in [5, 5.41) is 6.95. The van der Waals surface area contributed by atoms with Crippen LogP contribution in [0.3, 0.4) is 0 Å². The largest absolute Gasteiger partial charge is 0.344 e. The monoisotopic (exact) mass is 315 g/mol. The van der Waals surface area contributed by atoms with E-state index in [2.05, 4.69) is 25.4 Å². The highest BCUT2D eigenvalue weighted by atomic mass is 35.5. The zero-order valence-electron chi connectivity index (χ0n) is 11.2. The summed E-state index contributed by atoms with van der Waals surface area (Å²) in [6.07, 6.45) is 4.51. The zero-order chi connectivity index (χ0) is 15.4. The molecule has 0 aliphatic carbocycles. The van der Waals surface area contributed by atoms with Gasteiger partial charge in [0.05, 0.1) is 6.20 Å². The SMILES string of the molecule is O=C(NCc1ccccc1Cl)c1nc(-c2cnccn2)no1. The molecule has 0 unspecified atom stereocenters. The summed E-state index contributed by atoms with van der Waals surface area (Å²) < 4.78 is 4.93. The summed E-state index contributed by atoms with van der Waals surface area (Å²) in [7, 11) is 0. The fourth-order valence-electron chi connectivity index (χ4n) is 1.73. The normalized spacial score (nSPS) is 10.4. The molecule has 0 aliphatic heterocycles. The van der Waals surface area contributed by atoms with Gasteiger partial charge in [0.25, 0.3) is 0 Å². The van der Waals surface area contributed by atoms with Crippen LogP contribution in [0.1, 0.15) is 16.2 Å². The lowest BCUT2D eigenvalue weighted by atomic mass is 10.2. The van der Waals surface area contributed by atoms with Crippen LogP contribution in [-0.2, 0) is 6.54 Å². The number of aromatic nitrogens is 4. The van der Waals surface area contributed by atoms with E-state index < -0.39 is 5.91 Å². The van der Waals surface area contributed by atoms with Gasteiger partial charge in [0.2, 0.25) is 5.82 Å². The van der Waals surface area contributed by atoms with Crippen molar-refractivity contribution in [1.29, 1.82) is 0 Å². The highest BCUT2D eigenvalue weighted by Crippen LogP contribution is 2.15. The van der Waals surface area contributed by atoms with Crippen molar-refractivity contribution in [3.05, 3.63) is 59.3 Å². The molecule has 0 saturated carbocycles. The molecular formula is C14H10ClN5O2. The van der Waals surface area contributed by atoms with Gasteiger partial charge < -0.3 is 9.84 Å². The quantitative estimate of drug-likeness (QED) is 0.792. The van der Waals surface area contributed by atoms with Crippen LogP contribution in [0, 0.1) is 0 Å². The topological polar surface area (TPSA) is 93.8 Å². The molecule has 22 heavy (non-hydrogen) atoms. The van der Waals surface area contributed by atoms with Crippen LogP contribution in [0.4, 0.5) is 0 Å². The van der Waals surface area contributed by atoms with Crippen molar-refractivity contribution in [2.24, 2.45) is 0 Å². The number of amides is 1. The molecule has 3 rings (SSSR count). The van der Waals surface area contributed by atoms with Gasteiger partial charge in [0.15, 0.2) is 0 Å². The fourth-order valence-corrected chi connectivity index (χ4v) is 1.93. The van der Waals surface area contributed by atoms with Crippen LogP contribution in [0.25, 0.3) is 11.5 Å². The second kappa shape index (κ2) is 6.31. The van der Waals surface area contributed by atoms with Crippen molar-refractivity contribution >= 4 is 17.5 Å². The van der Waals surface area contributed by atoms with Gasteiger partial charge in [-0.1, -0.05) is 35.0 Å². The van der Waals surface area contributed by atoms with Crippen LogP contribution < -0.4 is 5.32 Å². The molecule has 1 amide bonds. The molecule has 7 nitrogen and oxygen atoms in total. The number of nitrogens with zero attached hydrogens (tertiary/aromatic N) is 4. The maximum absolute atomic E-state index is 12.0. The Balaban J connectivity index is 1.69. The molecule has 0 radical (unpaired) electrons. The van der Waals surface area contributed by atoms with Gasteiger partial charge in [-0.15, -0.1) is 0 Å². The molecule has 0 bridgehead atoms. The van der Waals surface area contributed by atoms with Gasteiger partial charge in [-0.2, -0.15) is 4.98 Å². The van der Waals surface area contributed by atoms with Gasteiger partial charge >= 0.3 is 11.8 Å². The fraction of sp³-hybridized carbons (Fsp3) is 0.0714. The number of nitrogens with one attached hydrogen (secondary N) is 1. The van der Waals surface area contributed by atoms with E-state index in [0.29, 0.717) is 10.7 Å². The van der Waals surface area contributed by atoms with Crippen LogP contribution in [0.15, 0.2) is 47.4 Å². The highest BCUT2D eigenvalue weighted by molar-refractivity contribution is 6.31. The second-order valence-electron chi connectivity index (χ2n) is 4.29. The zero-order valence-corrected chi connectivity index (χ0v) is 12.0. The second-order valence-corrected chi connectivity index (χ2v) is 4.70. The smallest absolute Gasteiger partial charge is 0.316 e. The van der Waals surface area contributed by atoms with Gasteiger partial charge in [0, 0.05) is 24.0 Å². The van der Waals surface area contributed by atoms with E-state index in [1.165, 1.54) is 18.6 Å². The van der Waals surface area contributed by atoms with Crippen molar-refractivity contribution in [3.8, 4) is 11.5 Å². The van der Waals surface area contributed by atoms with Crippen LogP contribution in [0.2, 0.25) is 5.02 Å².